The highest BCUT2D eigenvalue weighted by molar-refractivity contribution is 7.89. The van der Waals surface area contributed by atoms with Gasteiger partial charge in [0.25, 0.3) is 0 Å². The van der Waals surface area contributed by atoms with E-state index in [2.05, 4.69) is 9.80 Å². The highest BCUT2D eigenvalue weighted by Crippen LogP contribution is 2.30. The Hall–Kier alpha value is -1.72. The summed E-state index contributed by atoms with van der Waals surface area (Å²) in [7, 11) is 1.30. The van der Waals surface area contributed by atoms with E-state index in [9.17, 15) is 13.2 Å². The molecule has 1 aliphatic carbocycles. The van der Waals surface area contributed by atoms with Crippen molar-refractivity contribution in [1.29, 1.82) is 0 Å². The van der Waals surface area contributed by atoms with Gasteiger partial charge in [0.15, 0.2) is 0 Å². The highest BCUT2D eigenvalue weighted by Gasteiger charge is 2.33. The van der Waals surface area contributed by atoms with Crippen LogP contribution in [0.2, 0.25) is 0 Å². The number of likely N-dealkylation sites (N-methyl/N-ethyl adjacent to an activating group) is 2. The predicted molar refractivity (Wildman–Crippen MR) is 157 cm³/mol. The first kappa shape index (κ1) is 31.2. The summed E-state index contributed by atoms with van der Waals surface area (Å²) in [6.07, 6.45) is 9.67. The molecule has 1 aromatic rings. The van der Waals surface area contributed by atoms with Crippen molar-refractivity contribution >= 4 is 15.9 Å². The molecule has 0 N–H and O–H groups in total. The molecule has 1 amide bonds. The first-order valence-corrected chi connectivity index (χ1v) is 16.5. The van der Waals surface area contributed by atoms with E-state index in [1.54, 1.807) is 40.1 Å². The molecule has 226 valence electrons. The Kier molecular flexibility index (Phi) is 10.9. The van der Waals surface area contributed by atoms with E-state index in [0.29, 0.717) is 22.9 Å². The third-order valence-corrected chi connectivity index (χ3v) is 11.6. The van der Waals surface area contributed by atoms with Gasteiger partial charge in [-0.3, -0.25) is 4.79 Å². The van der Waals surface area contributed by atoms with Gasteiger partial charge < -0.3 is 24.2 Å². The number of carbonyl (C=O) groups is 1. The molecule has 3 fully saturated rings. The molecule has 9 nitrogen and oxygen atoms in total. The Labute approximate surface area is 241 Å². The number of rotatable bonds is 11. The summed E-state index contributed by atoms with van der Waals surface area (Å²) < 4.78 is 38.6. The monoisotopic (exact) mass is 578 g/mol. The number of hydrogen-bond donors (Lipinski definition) is 0. The number of methoxy groups -OCH3 is 1. The first-order valence-electron chi connectivity index (χ1n) is 15.0. The summed E-state index contributed by atoms with van der Waals surface area (Å²) in [5.74, 6) is 0.593. The number of piperidine rings is 1. The van der Waals surface area contributed by atoms with Gasteiger partial charge in [0.1, 0.15) is 12.4 Å². The molecule has 0 spiro atoms. The van der Waals surface area contributed by atoms with Crippen molar-refractivity contribution in [2.45, 2.75) is 88.2 Å². The van der Waals surface area contributed by atoms with Crippen LogP contribution >= 0.6 is 0 Å². The molecule has 2 aliphatic heterocycles. The second-order valence-electron chi connectivity index (χ2n) is 11.9. The van der Waals surface area contributed by atoms with Crippen molar-refractivity contribution in [3.63, 3.8) is 0 Å². The minimum absolute atomic E-state index is 0.0328. The number of carbonyl (C=O) groups excluding carboxylic acids is 1. The zero-order valence-electron chi connectivity index (χ0n) is 25.2. The van der Waals surface area contributed by atoms with E-state index >= 15 is 0 Å². The maximum absolute atomic E-state index is 13.2. The fourth-order valence-corrected chi connectivity index (χ4v) is 8.46. The maximum Gasteiger partial charge on any atom is 0.248 e. The van der Waals surface area contributed by atoms with E-state index < -0.39 is 10.0 Å². The number of ether oxygens (including phenoxy) is 2. The Morgan fingerprint density at radius 3 is 2.02 bits per heavy atom. The Balaban J connectivity index is 1.16. The Bertz CT molecular complexity index is 1070. The lowest BCUT2D eigenvalue weighted by molar-refractivity contribution is -0.137. The lowest BCUT2D eigenvalue weighted by Crippen LogP contribution is -2.50. The van der Waals surface area contributed by atoms with Crippen LogP contribution < -0.4 is 4.74 Å². The van der Waals surface area contributed by atoms with Gasteiger partial charge in [-0.2, -0.15) is 4.31 Å². The second kappa shape index (κ2) is 14.0. The maximum atomic E-state index is 13.2. The SMILES string of the molecule is COc1cc(C)c(S(=O)(=O)N(C)CCOCC(=O)N(C)C2CCC(N3CCC(N4CCCC4)CC3)CC2)c(C)c1. The Morgan fingerprint density at radius 1 is 0.900 bits per heavy atom. The largest absolute Gasteiger partial charge is 0.497 e. The number of likely N-dealkylation sites (tertiary alicyclic amines) is 2. The van der Waals surface area contributed by atoms with Gasteiger partial charge in [-0.05, 0) is 115 Å². The van der Waals surface area contributed by atoms with E-state index in [0.717, 1.165) is 31.7 Å². The molecule has 10 heteroatoms. The topological polar surface area (TPSA) is 82.6 Å². The van der Waals surface area contributed by atoms with E-state index in [1.807, 2.05) is 11.9 Å². The normalized spacial score (nSPS) is 23.6. The van der Waals surface area contributed by atoms with Gasteiger partial charge in [0.2, 0.25) is 15.9 Å². The van der Waals surface area contributed by atoms with Crippen molar-refractivity contribution in [3.05, 3.63) is 23.3 Å². The molecule has 0 atom stereocenters. The molecule has 1 aromatic carbocycles. The molecule has 0 unspecified atom stereocenters. The number of nitrogens with zero attached hydrogens (tertiary/aromatic N) is 4. The summed E-state index contributed by atoms with van der Waals surface area (Å²) >= 11 is 0. The lowest BCUT2D eigenvalue weighted by Gasteiger charge is -2.43. The minimum Gasteiger partial charge on any atom is -0.497 e. The van der Waals surface area contributed by atoms with E-state index in [1.165, 1.54) is 56.2 Å². The molecule has 0 aromatic heterocycles. The smallest absolute Gasteiger partial charge is 0.248 e. The third-order valence-electron chi connectivity index (χ3n) is 9.39. The van der Waals surface area contributed by atoms with Crippen molar-refractivity contribution in [3.8, 4) is 5.75 Å². The van der Waals surface area contributed by atoms with Crippen LogP contribution in [-0.4, -0.2) is 119 Å². The first-order chi connectivity index (χ1) is 19.1. The average Bonchev–Trinajstić information content (AvgIpc) is 3.49. The average molecular weight is 579 g/mol. The molecular weight excluding hydrogens is 528 g/mol. The number of hydrogen-bond acceptors (Lipinski definition) is 7. The fraction of sp³-hybridized carbons (Fsp3) is 0.767. The zero-order valence-corrected chi connectivity index (χ0v) is 26.0. The van der Waals surface area contributed by atoms with Crippen molar-refractivity contribution in [2.75, 3.05) is 67.1 Å². The number of aryl methyl sites for hydroxylation is 2. The molecular formula is C30H50N4O5S. The molecule has 4 rings (SSSR count). The second-order valence-corrected chi connectivity index (χ2v) is 13.9. The van der Waals surface area contributed by atoms with Gasteiger partial charge >= 0.3 is 0 Å². The quantitative estimate of drug-likeness (QED) is 0.373. The van der Waals surface area contributed by atoms with Gasteiger partial charge in [0.05, 0.1) is 18.6 Å². The van der Waals surface area contributed by atoms with Gasteiger partial charge in [0, 0.05) is 38.8 Å². The summed E-state index contributed by atoms with van der Waals surface area (Å²) in [6.45, 7) is 8.83. The summed E-state index contributed by atoms with van der Waals surface area (Å²) in [4.78, 5) is 20.4. The van der Waals surface area contributed by atoms with Gasteiger partial charge in [-0.1, -0.05) is 0 Å². The standard InChI is InChI=1S/C30H50N4O5S/c1-23-20-28(38-5)21-24(2)30(23)40(36,37)31(3)18-19-39-22-29(35)32(4)25-8-10-26(11-9-25)34-16-12-27(13-17-34)33-14-6-7-15-33/h20-21,25-27H,6-19,22H2,1-5H3. The number of sulfonamides is 1. The predicted octanol–water partition coefficient (Wildman–Crippen LogP) is 3.28. The Morgan fingerprint density at radius 2 is 1.45 bits per heavy atom. The molecule has 2 saturated heterocycles. The highest BCUT2D eigenvalue weighted by atomic mass is 32.2. The lowest BCUT2D eigenvalue weighted by atomic mass is 9.88. The van der Waals surface area contributed by atoms with Crippen LogP contribution in [0.4, 0.5) is 0 Å². The van der Waals surface area contributed by atoms with Gasteiger partial charge in [-0.25, -0.2) is 8.42 Å². The molecule has 0 bridgehead atoms. The molecule has 40 heavy (non-hydrogen) atoms. The summed E-state index contributed by atoms with van der Waals surface area (Å²) in [5.41, 5.74) is 1.28. The molecule has 1 saturated carbocycles. The summed E-state index contributed by atoms with van der Waals surface area (Å²) in [6, 6.07) is 5.13. The van der Waals surface area contributed by atoms with Crippen molar-refractivity contribution in [1.82, 2.24) is 19.0 Å². The van der Waals surface area contributed by atoms with Crippen LogP contribution in [0.5, 0.6) is 5.75 Å². The number of amides is 1. The number of benzene rings is 1. The third kappa shape index (κ3) is 7.37. The van der Waals surface area contributed by atoms with Crippen LogP contribution in [-0.2, 0) is 19.6 Å². The van der Waals surface area contributed by atoms with Crippen LogP contribution in [0.3, 0.4) is 0 Å². The van der Waals surface area contributed by atoms with Crippen molar-refractivity contribution in [2.24, 2.45) is 0 Å². The minimum atomic E-state index is -3.69. The zero-order chi connectivity index (χ0) is 28.9. The summed E-state index contributed by atoms with van der Waals surface area (Å²) in [5, 5.41) is 0. The van der Waals surface area contributed by atoms with Crippen LogP contribution in [0.15, 0.2) is 17.0 Å². The molecule has 0 radical (unpaired) electrons. The molecule has 2 heterocycles. The van der Waals surface area contributed by atoms with Crippen molar-refractivity contribution < 1.29 is 22.7 Å². The van der Waals surface area contributed by atoms with Gasteiger partial charge in [-0.15, -0.1) is 0 Å². The van der Waals surface area contributed by atoms with Crippen LogP contribution in [0, 0.1) is 13.8 Å². The van der Waals surface area contributed by atoms with Crippen LogP contribution in [0.25, 0.3) is 0 Å². The van der Waals surface area contributed by atoms with Crippen LogP contribution in [0.1, 0.15) is 62.5 Å². The van der Waals surface area contributed by atoms with E-state index in [-0.39, 0.29) is 36.6 Å². The fourth-order valence-electron chi connectivity index (χ4n) is 6.90. The molecule has 3 aliphatic rings. The van der Waals surface area contributed by atoms with E-state index in [4.69, 9.17) is 9.47 Å².